The lowest BCUT2D eigenvalue weighted by Gasteiger charge is -2.30. The monoisotopic (exact) mass is 276 g/mol. The van der Waals surface area contributed by atoms with E-state index in [1.807, 2.05) is 43.0 Å². The molecule has 1 saturated heterocycles. The van der Waals surface area contributed by atoms with E-state index in [0.717, 1.165) is 17.7 Å². The minimum absolute atomic E-state index is 0.0388. The van der Waals surface area contributed by atoms with E-state index in [4.69, 9.17) is 4.74 Å². The van der Waals surface area contributed by atoms with Crippen LogP contribution < -0.4 is 10.1 Å². The molecular formula is C16H24N2O2. The summed E-state index contributed by atoms with van der Waals surface area (Å²) in [4.78, 5) is 14.3. The van der Waals surface area contributed by atoms with Gasteiger partial charge in [-0.25, -0.2) is 0 Å². The third-order valence-corrected chi connectivity index (χ3v) is 3.88. The Bertz CT molecular complexity index is 458. The largest absolute Gasteiger partial charge is 0.494 e. The number of carbonyl (C=O) groups excluding carboxylic acids is 1. The molecule has 1 amide bonds. The zero-order chi connectivity index (χ0) is 14.7. The van der Waals surface area contributed by atoms with E-state index >= 15 is 0 Å². The molecule has 1 heterocycles. The van der Waals surface area contributed by atoms with Gasteiger partial charge in [-0.3, -0.25) is 10.1 Å². The molecular weight excluding hydrogens is 252 g/mol. The van der Waals surface area contributed by atoms with Crippen LogP contribution in [0.3, 0.4) is 0 Å². The molecule has 0 saturated carbocycles. The quantitative estimate of drug-likeness (QED) is 0.899. The van der Waals surface area contributed by atoms with Gasteiger partial charge in [-0.15, -0.1) is 0 Å². The number of benzene rings is 1. The first-order valence-electron chi connectivity index (χ1n) is 7.39. The van der Waals surface area contributed by atoms with Crippen molar-refractivity contribution in [2.45, 2.75) is 52.4 Å². The van der Waals surface area contributed by atoms with Gasteiger partial charge in [-0.1, -0.05) is 19.1 Å². The van der Waals surface area contributed by atoms with Gasteiger partial charge in [0.05, 0.1) is 12.6 Å². The fourth-order valence-electron chi connectivity index (χ4n) is 2.58. The summed E-state index contributed by atoms with van der Waals surface area (Å²) in [5.74, 6) is 1.04. The molecule has 4 heteroatoms. The second-order valence-corrected chi connectivity index (χ2v) is 5.30. The predicted octanol–water partition coefficient (Wildman–Crippen LogP) is 2.70. The van der Waals surface area contributed by atoms with Crippen LogP contribution in [0.2, 0.25) is 0 Å². The number of rotatable bonds is 5. The highest BCUT2D eigenvalue weighted by atomic mass is 16.5. The first-order chi connectivity index (χ1) is 9.58. The molecule has 4 nitrogen and oxygen atoms in total. The second kappa shape index (κ2) is 6.27. The SMILES string of the molecule is CCOc1ccc(C2NC(C)C(=O)N2C(C)CC)cc1. The van der Waals surface area contributed by atoms with E-state index in [2.05, 4.69) is 19.2 Å². The lowest BCUT2D eigenvalue weighted by Crippen LogP contribution is -2.37. The summed E-state index contributed by atoms with van der Waals surface area (Å²) in [6, 6.07) is 8.09. The Hall–Kier alpha value is -1.55. The lowest BCUT2D eigenvalue weighted by atomic mass is 10.1. The minimum Gasteiger partial charge on any atom is -0.494 e. The minimum atomic E-state index is -0.124. The molecule has 1 fully saturated rings. The molecule has 0 spiro atoms. The highest BCUT2D eigenvalue weighted by molar-refractivity contribution is 5.84. The smallest absolute Gasteiger partial charge is 0.241 e. The highest BCUT2D eigenvalue weighted by Gasteiger charge is 2.39. The maximum Gasteiger partial charge on any atom is 0.241 e. The summed E-state index contributed by atoms with van der Waals surface area (Å²) in [5, 5.41) is 3.37. The lowest BCUT2D eigenvalue weighted by molar-refractivity contribution is -0.131. The summed E-state index contributed by atoms with van der Waals surface area (Å²) in [6.45, 7) is 8.76. The van der Waals surface area contributed by atoms with Crippen molar-refractivity contribution in [3.8, 4) is 5.75 Å². The molecule has 1 aliphatic heterocycles. The van der Waals surface area contributed by atoms with Gasteiger partial charge >= 0.3 is 0 Å². The van der Waals surface area contributed by atoms with E-state index < -0.39 is 0 Å². The van der Waals surface area contributed by atoms with Crippen LogP contribution >= 0.6 is 0 Å². The zero-order valence-corrected chi connectivity index (χ0v) is 12.7. The summed E-state index contributed by atoms with van der Waals surface area (Å²) in [5.41, 5.74) is 1.10. The first-order valence-corrected chi connectivity index (χ1v) is 7.39. The van der Waals surface area contributed by atoms with Crippen LogP contribution in [0.25, 0.3) is 0 Å². The number of hydrogen-bond acceptors (Lipinski definition) is 3. The summed E-state index contributed by atoms with van der Waals surface area (Å²) < 4.78 is 5.46. The third kappa shape index (κ3) is 2.80. The van der Waals surface area contributed by atoms with E-state index in [9.17, 15) is 4.79 Å². The standard InChI is InChI=1S/C16H24N2O2/c1-5-11(3)18-15(17-12(4)16(18)19)13-7-9-14(10-8-13)20-6-2/h7-12,15,17H,5-6H2,1-4H3. The van der Waals surface area contributed by atoms with Gasteiger partial charge in [0.1, 0.15) is 11.9 Å². The molecule has 110 valence electrons. The van der Waals surface area contributed by atoms with Gasteiger partial charge in [-0.05, 0) is 44.9 Å². The molecule has 1 aromatic rings. The normalized spacial score (nSPS) is 24.0. The van der Waals surface area contributed by atoms with Crippen LogP contribution in [-0.4, -0.2) is 29.5 Å². The van der Waals surface area contributed by atoms with Gasteiger partial charge in [0, 0.05) is 6.04 Å². The fourth-order valence-corrected chi connectivity index (χ4v) is 2.58. The molecule has 1 aromatic carbocycles. The summed E-state index contributed by atoms with van der Waals surface area (Å²) in [7, 11) is 0. The van der Waals surface area contributed by atoms with Crippen LogP contribution in [0.5, 0.6) is 5.75 Å². The van der Waals surface area contributed by atoms with Crippen LogP contribution in [0, 0.1) is 0 Å². The van der Waals surface area contributed by atoms with Gasteiger partial charge in [0.2, 0.25) is 5.91 Å². The van der Waals surface area contributed by atoms with E-state index in [1.165, 1.54) is 0 Å². The topological polar surface area (TPSA) is 41.6 Å². The molecule has 2 rings (SSSR count). The molecule has 3 atom stereocenters. The number of ether oxygens (including phenoxy) is 1. The Labute approximate surface area is 121 Å². The molecule has 1 aliphatic rings. The Morgan fingerprint density at radius 1 is 1.30 bits per heavy atom. The zero-order valence-electron chi connectivity index (χ0n) is 12.7. The fraction of sp³-hybridized carbons (Fsp3) is 0.562. The van der Waals surface area contributed by atoms with Crippen LogP contribution in [-0.2, 0) is 4.79 Å². The van der Waals surface area contributed by atoms with E-state index in [0.29, 0.717) is 6.61 Å². The molecule has 0 radical (unpaired) electrons. The van der Waals surface area contributed by atoms with Gasteiger partial charge in [-0.2, -0.15) is 0 Å². The van der Waals surface area contributed by atoms with Crippen molar-refractivity contribution >= 4 is 5.91 Å². The third-order valence-electron chi connectivity index (χ3n) is 3.88. The van der Waals surface area contributed by atoms with Crippen molar-refractivity contribution in [2.75, 3.05) is 6.61 Å². The Balaban J connectivity index is 2.23. The van der Waals surface area contributed by atoms with Crippen LogP contribution in [0.15, 0.2) is 24.3 Å². The maximum atomic E-state index is 12.3. The number of hydrogen-bond donors (Lipinski definition) is 1. The Kier molecular flexibility index (Phi) is 4.65. The van der Waals surface area contributed by atoms with Crippen molar-refractivity contribution in [2.24, 2.45) is 0 Å². The molecule has 0 bridgehead atoms. The van der Waals surface area contributed by atoms with Crippen molar-refractivity contribution in [3.05, 3.63) is 29.8 Å². The van der Waals surface area contributed by atoms with Crippen molar-refractivity contribution < 1.29 is 9.53 Å². The van der Waals surface area contributed by atoms with Crippen molar-refractivity contribution in [1.29, 1.82) is 0 Å². The Morgan fingerprint density at radius 2 is 1.95 bits per heavy atom. The molecule has 20 heavy (non-hydrogen) atoms. The summed E-state index contributed by atoms with van der Waals surface area (Å²) >= 11 is 0. The number of nitrogens with one attached hydrogen (secondary N) is 1. The average molecular weight is 276 g/mol. The molecule has 0 aromatic heterocycles. The van der Waals surface area contributed by atoms with E-state index in [-0.39, 0.29) is 24.2 Å². The van der Waals surface area contributed by atoms with Crippen molar-refractivity contribution in [1.82, 2.24) is 10.2 Å². The summed E-state index contributed by atoms with van der Waals surface area (Å²) in [6.07, 6.45) is 0.913. The molecule has 1 N–H and O–H groups in total. The van der Waals surface area contributed by atoms with Crippen LogP contribution in [0.4, 0.5) is 0 Å². The van der Waals surface area contributed by atoms with Gasteiger partial charge in [0.15, 0.2) is 0 Å². The number of nitrogens with zero attached hydrogens (tertiary/aromatic N) is 1. The number of amides is 1. The van der Waals surface area contributed by atoms with Gasteiger partial charge in [0.25, 0.3) is 0 Å². The van der Waals surface area contributed by atoms with E-state index in [1.54, 1.807) is 0 Å². The second-order valence-electron chi connectivity index (χ2n) is 5.30. The van der Waals surface area contributed by atoms with Gasteiger partial charge < -0.3 is 9.64 Å². The number of carbonyl (C=O) groups is 1. The van der Waals surface area contributed by atoms with Crippen molar-refractivity contribution in [3.63, 3.8) is 0 Å². The molecule has 0 aliphatic carbocycles. The Morgan fingerprint density at radius 3 is 2.50 bits per heavy atom. The highest BCUT2D eigenvalue weighted by Crippen LogP contribution is 2.29. The predicted molar refractivity (Wildman–Crippen MR) is 79.5 cm³/mol. The first kappa shape index (κ1) is 14.9. The average Bonchev–Trinajstić information content (AvgIpc) is 2.75. The maximum absolute atomic E-state index is 12.3. The molecule has 3 unspecified atom stereocenters. The van der Waals surface area contributed by atoms with Crippen LogP contribution in [0.1, 0.15) is 45.8 Å².